The van der Waals surface area contributed by atoms with Gasteiger partial charge in [0, 0.05) is 12.6 Å². The number of nitrogens with zero attached hydrogens (tertiary/aromatic N) is 1. The number of ether oxygens (including phenoxy) is 1. The van der Waals surface area contributed by atoms with E-state index >= 15 is 0 Å². The van der Waals surface area contributed by atoms with Crippen LogP contribution >= 0.6 is 0 Å². The molecule has 1 N–H and O–H groups in total. The van der Waals surface area contributed by atoms with Crippen molar-refractivity contribution in [2.45, 2.75) is 26.8 Å². The minimum atomic E-state index is 0.643. The first-order chi connectivity index (χ1) is 9.33. The maximum Gasteiger partial charge on any atom is 0.213 e. The van der Waals surface area contributed by atoms with E-state index in [-0.39, 0.29) is 0 Å². The summed E-state index contributed by atoms with van der Waals surface area (Å²) in [4.78, 5) is 4.24. The summed E-state index contributed by atoms with van der Waals surface area (Å²) >= 11 is 0. The molecule has 100 valence electrons. The average molecular weight is 256 g/mol. The molecule has 19 heavy (non-hydrogen) atoms. The monoisotopic (exact) mass is 256 g/mol. The Hall–Kier alpha value is -2.03. The van der Waals surface area contributed by atoms with Gasteiger partial charge in [-0.2, -0.15) is 0 Å². The van der Waals surface area contributed by atoms with Gasteiger partial charge in [-0.1, -0.05) is 31.2 Å². The lowest BCUT2D eigenvalue weighted by molar-refractivity contribution is 0.327. The molecule has 0 saturated heterocycles. The van der Waals surface area contributed by atoms with E-state index in [0.717, 1.165) is 18.7 Å². The number of hydrogen-bond donors (Lipinski definition) is 1. The minimum absolute atomic E-state index is 0.643. The Morgan fingerprint density at radius 2 is 1.84 bits per heavy atom. The van der Waals surface area contributed by atoms with Gasteiger partial charge in [-0.3, -0.25) is 0 Å². The minimum Gasteiger partial charge on any atom is -0.478 e. The van der Waals surface area contributed by atoms with Gasteiger partial charge in [0.25, 0.3) is 0 Å². The number of benzene rings is 1. The van der Waals surface area contributed by atoms with Crippen LogP contribution in [0.5, 0.6) is 5.88 Å². The molecule has 0 atom stereocenters. The molecule has 3 nitrogen and oxygen atoms in total. The summed E-state index contributed by atoms with van der Waals surface area (Å²) < 4.78 is 5.32. The number of anilines is 1. The highest BCUT2D eigenvalue weighted by Gasteiger charge is 2.00. The van der Waals surface area contributed by atoms with E-state index in [1.807, 2.05) is 19.1 Å². The second kappa shape index (κ2) is 6.78. The number of pyridine rings is 1. The molecule has 0 bridgehead atoms. The molecule has 3 heteroatoms. The zero-order chi connectivity index (χ0) is 13.5. The summed E-state index contributed by atoms with van der Waals surface area (Å²) in [5, 5.41) is 3.39. The molecule has 1 aromatic heterocycles. The van der Waals surface area contributed by atoms with Crippen LogP contribution in [-0.2, 0) is 13.0 Å². The fraction of sp³-hybridized carbons (Fsp3) is 0.312. The number of aromatic nitrogens is 1. The first kappa shape index (κ1) is 13.4. The van der Waals surface area contributed by atoms with Crippen LogP contribution in [0, 0.1) is 0 Å². The van der Waals surface area contributed by atoms with Gasteiger partial charge in [0.1, 0.15) is 0 Å². The Bertz CT molecular complexity index is 508. The van der Waals surface area contributed by atoms with E-state index in [0.29, 0.717) is 12.5 Å². The smallest absolute Gasteiger partial charge is 0.213 e. The van der Waals surface area contributed by atoms with Crippen LogP contribution in [0.1, 0.15) is 25.0 Å². The van der Waals surface area contributed by atoms with Gasteiger partial charge in [-0.25, -0.2) is 4.98 Å². The van der Waals surface area contributed by atoms with Gasteiger partial charge in [0.05, 0.1) is 18.5 Å². The highest BCUT2D eigenvalue weighted by molar-refractivity contribution is 5.43. The molecule has 0 aliphatic rings. The van der Waals surface area contributed by atoms with Gasteiger partial charge < -0.3 is 10.1 Å². The summed E-state index contributed by atoms with van der Waals surface area (Å²) in [5.74, 6) is 0.669. The van der Waals surface area contributed by atoms with E-state index < -0.39 is 0 Å². The molecule has 2 rings (SSSR count). The fourth-order valence-corrected chi connectivity index (χ4v) is 1.99. The van der Waals surface area contributed by atoms with Crippen LogP contribution in [-0.4, -0.2) is 11.6 Å². The summed E-state index contributed by atoms with van der Waals surface area (Å²) in [6.45, 7) is 5.59. The Kier molecular flexibility index (Phi) is 4.78. The van der Waals surface area contributed by atoms with Crippen molar-refractivity contribution in [2.75, 3.05) is 11.9 Å². The Morgan fingerprint density at radius 1 is 1.05 bits per heavy atom. The normalized spacial score (nSPS) is 10.2. The lowest BCUT2D eigenvalue weighted by Gasteiger charge is -2.10. The molecule has 0 saturated carbocycles. The van der Waals surface area contributed by atoms with Crippen molar-refractivity contribution in [1.29, 1.82) is 0 Å². The lowest BCUT2D eigenvalue weighted by atomic mass is 10.1. The molecular weight excluding hydrogens is 236 g/mol. The van der Waals surface area contributed by atoms with Gasteiger partial charge in [-0.15, -0.1) is 0 Å². The predicted molar refractivity (Wildman–Crippen MR) is 78.6 cm³/mol. The Labute approximate surface area is 114 Å². The van der Waals surface area contributed by atoms with Crippen LogP contribution in [0.25, 0.3) is 0 Å². The van der Waals surface area contributed by atoms with Gasteiger partial charge in [-0.05, 0) is 30.5 Å². The van der Waals surface area contributed by atoms with Crippen molar-refractivity contribution in [3.8, 4) is 5.88 Å². The van der Waals surface area contributed by atoms with E-state index in [9.17, 15) is 0 Å². The fourth-order valence-electron chi connectivity index (χ4n) is 1.99. The highest BCUT2D eigenvalue weighted by Crippen LogP contribution is 2.15. The second-order valence-electron chi connectivity index (χ2n) is 4.29. The molecule has 0 amide bonds. The molecular formula is C16H20N2O. The topological polar surface area (TPSA) is 34.1 Å². The molecule has 1 aromatic carbocycles. The predicted octanol–water partition coefficient (Wildman–Crippen LogP) is 3.65. The van der Waals surface area contributed by atoms with Crippen LogP contribution in [0.4, 0.5) is 5.69 Å². The molecule has 0 spiro atoms. The van der Waals surface area contributed by atoms with Crippen molar-refractivity contribution in [2.24, 2.45) is 0 Å². The van der Waals surface area contributed by atoms with Crippen molar-refractivity contribution in [3.05, 3.63) is 53.7 Å². The van der Waals surface area contributed by atoms with Crippen LogP contribution in [0.3, 0.4) is 0 Å². The van der Waals surface area contributed by atoms with Gasteiger partial charge in [0.15, 0.2) is 0 Å². The first-order valence-corrected chi connectivity index (χ1v) is 6.73. The quantitative estimate of drug-likeness (QED) is 0.856. The zero-order valence-corrected chi connectivity index (χ0v) is 11.5. The molecule has 1 heterocycles. The van der Waals surface area contributed by atoms with Crippen molar-refractivity contribution >= 4 is 5.69 Å². The van der Waals surface area contributed by atoms with Crippen molar-refractivity contribution in [1.82, 2.24) is 4.98 Å². The van der Waals surface area contributed by atoms with Crippen LogP contribution in [0.15, 0.2) is 42.6 Å². The summed E-state index contributed by atoms with van der Waals surface area (Å²) in [7, 11) is 0. The molecule has 0 radical (unpaired) electrons. The van der Waals surface area contributed by atoms with Gasteiger partial charge >= 0.3 is 0 Å². The summed E-state index contributed by atoms with van der Waals surface area (Å²) in [6.07, 6.45) is 2.86. The highest BCUT2D eigenvalue weighted by atomic mass is 16.5. The molecule has 2 aromatic rings. The largest absolute Gasteiger partial charge is 0.478 e. The Morgan fingerprint density at radius 3 is 2.47 bits per heavy atom. The lowest BCUT2D eigenvalue weighted by Crippen LogP contribution is -2.03. The maximum atomic E-state index is 5.32. The maximum absolute atomic E-state index is 5.32. The van der Waals surface area contributed by atoms with Crippen LogP contribution < -0.4 is 10.1 Å². The SMILES string of the molecule is CCOc1ccc(NCc2ccccc2CC)cn1. The number of rotatable bonds is 6. The van der Waals surface area contributed by atoms with Crippen LogP contribution in [0.2, 0.25) is 0 Å². The third-order valence-electron chi connectivity index (χ3n) is 3.01. The van der Waals surface area contributed by atoms with E-state index in [2.05, 4.69) is 41.5 Å². The van der Waals surface area contributed by atoms with E-state index in [4.69, 9.17) is 4.74 Å². The third-order valence-corrected chi connectivity index (χ3v) is 3.01. The molecule has 0 aliphatic heterocycles. The van der Waals surface area contributed by atoms with Crippen molar-refractivity contribution < 1.29 is 4.74 Å². The van der Waals surface area contributed by atoms with E-state index in [1.54, 1.807) is 6.20 Å². The first-order valence-electron chi connectivity index (χ1n) is 6.73. The molecule has 0 aliphatic carbocycles. The second-order valence-corrected chi connectivity index (χ2v) is 4.29. The molecule has 0 unspecified atom stereocenters. The molecule has 0 fully saturated rings. The summed E-state index contributed by atoms with van der Waals surface area (Å²) in [5.41, 5.74) is 3.72. The number of nitrogens with one attached hydrogen (secondary N) is 1. The number of hydrogen-bond acceptors (Lipinski definition) is 3. The third kappa shape index (κ3) is 3.71. The zero-order valence-electron chi connectivity index (χ0n) is 11.5. The average Bonchev–Trinajstić information content (AvgIpc) is 2.47. The van der Waals surface area contributed by atoms with Gasteiger partial charge in [0.2, 0.25) is 5.88 Å². The van der Waals surface area contributed by atoms with Crippen molar-refractivity contribution in [3.63, 3.8) is 0 Å². The van der Waals surface area contributed by atoms with E-state index in [1.165, 1.54) is 11.1 Å². The Balaban J connectivity index is 1.98. The summed E-state index contributed by atoms with van der Waals surface area (Å²) in [6, 6.07) is 12.4. The standard InChI is InChI=1S/C16H20N2O/c1-3-13-7-5-6-8-14(13)11-17-15-9-10-16(18-12-15)19-4-2/h5-10,12,17H,3-4,11H2,1-2H3. The number of aryl methyl sites for hydroxylation is 1.